The standard InChI is InChI=1S/C16H17F3N2/c1-10-4-3-5-12(8-10)15(21-20)14-7-6-13(9-11(14)2)16(17,18)19/h3-9,15,21H,20H2,1-2H3. The molecule has 5 heteroatoms. The predicted molar refractivity (Wildman–Crippen MR) is 76.5 cm³/mol. The third-order valence-corrected chi connectivity index (χ3v) is 3.45. The number of rotatable bonds is 3. The fourth-order valence-electron chi connectivity index (χ4n) is 2.39. The molecular weight excluding hydrogens is 277 g/mol. The SMILES string of the molecule is Cc1cccc(C(NN)c2ccc(C(F)(F)F)cc2C)c1. The number of hydrazine groups is 1. The summed E-state index contributed by atoms with van der Waals surface area (Å²) in [7, 11) is 0. The number of aryl methyl sites for hydroxylation is 2. The fraction of sp³-hybridized carbons (Fsp3) is 0.250. The lowest BCUT2D eigenvalue weighted by atomic mass is 9.93. The van der Waals surface area contributed by atoms with Crippen molar-refractivity contribution in [3.63, 3.8) is 0 Å². The van der Waals surface area contributed by atoms with Crippen LogP contribution in [0.4, 0.5) is 13.2 Å². The molecule has 0 radical (unpaired) electrons. The molecule has 112 valence electrons. The Morgan fingerprint density at radius 2 is 1.76 bits per heavy atom. The van der Waals surface area contributed by atoms with Crippen molar-refractivity contribution in [2.45, 2.75) is 26.1 Å². The first-order valence-electron chi connectivity index (χ1n) is 6.53. The van der Waals surface area contributed by atoms with Crippen molar-refractivity contribution >= 4 is 0 Å². The summed E-state index contributed by atoms with van der Waals surface area (Å²) in [5.41, 5.74) is 5.30. The van der Waals surface area contributed by atoms with Crippen LogP contribution < -0.4 is 11.3 Å². The van der Waals surface area contributed by atoms with Gasteiger partial charge in [-0.25, -0.2) is 5.43 Å². The molecule has 0 amide bonds. The number of benzene rings is 2. The minimum Gasteiger partial charge on any atom is -0.271 e. The van der Waals surface area contributed by atoms with Crippen LogP contribution in [0.1, 0.15) is 33.9 Å². The molecule has 3 N–H and O–H groups in total. The number of halogens is 3. The zero-order valence-electron chi connectivity index (χ0n) is 11.8. The summed E-state index contributed by atoms with van der Waals surface area (Å²) in [6.45, 7) is 3.61. The normalized spacial score (nSPS) is 13.2. The van der Waals surface area contributed by atoms with Crippen LogP contribution in [0, 0.1) is 13.8 Å². The van der Waals surface area contributed by atoms with E-state index in [1.54, 1.807) is 6.92 Å². The van der Waals surface area contributed by atoms with E-state index in [0.717, 1.165) is 28.8 Å². The van der Waals surface area contributed by atoms with Crippen molar-refractivity contribution in [1.82, 2.24) is 5.43 Å². The van der Waals surface area contributed by atoms with Crippen LogP contribution in [0.2, 0.25) is 0 Å². The number of hydrogen-bond acceptors (Lipinski definition) is 2. The molecule has 0 aliphatic heterocycles. The molecule has 0 spiro atoms. The quantitative estimate of drug-likeness (QED) is 0.666. The molecule has 0 heterocycles. The van der Waals surface area contributed by atoms with Crippen molar-refractivity contribution in [2.24, 2.45) is 5.84 Å². The van der Waals surface area contributed by atoms with Crippen LogP contribution in [0.15, 0.2) is 42.5 Å². The Bertz CT molecular complexity index is 636. The van der Waals surface area contributed by atoms with Crippen LogP contribution >= 0.6 is 0 Å². The highest BCUT2D eigenvalue weighted by Gasteiger charge is 2.31. The Morgan fingerprint density at radius 1 is 1.05 bits per heavy atom. The average Bonchev–Trinajstić information content (AvgIpc) is 2.40. The lowest BCUT2D eigenvalue weighted by Gasteiger charge is -2.20. The second-order valence-electron chi connectivity index (χ2n) is 5.08. The van der Waals surface area contributed by atoms with Crippen molar-refractivity contribution < 1.29 is 13.2 Å². The minimum absolute atomic E-state index is 0.341. The van der Waals surface area contributed by atoms with Gasteiger partial charge in [0.05, 0.1) is 11.6 Å². The van der Waals surface area contributed by atoms with Gasteiger partial charge in [-0.05, 0) is 42.7 Å². The first-order valence-corrected chi connectivity index (χ1v) is 6.53. The Balaban J connectivity index is 2.44. The third kappa shape index (κ3) is 3.43. The lowest BCUT2D eigenvalue weighted by Crippen LogP contribution is -2.29. The van der Waals surface area contributed by atoms with Crippen molar-refractivity contribution in [3.05, 3.63) is 70.3 Å². The lowest BCUT2D eigenvalue weighted by molar-refractivity contribution is -0.137. The van der Waals surface area contributed by atoms with Gasteiger partial charge in [0.15, 0.2) is 0 Å². The third-order valence-electron chi connectivity index (χ3n) is 3.45. The van der Waals surface area contributed by atoms with Gasteiger partial charge in [0.1, 0.15) is 0 Å². The maximum atomic E-state index is 12.7. The molecule has 21 heavy (non-hydrogen) atoms. The zero-order valence-corrected chi connectivity index (χ0v) is 11.8. The Labute approximate surface area is 121 Å². The highest BCUT2D eigenvalue weighted by Crippen LogP contribution is 2.33. The van der Waals surface area contributed by atoms with Crippen LogP contribution in [-0.4, -0.2) is 0 Å². The molecule has 2 aromatic carbocycles. The molecule has 0 saturated heterocycles. The molecular formula is C16H17F3N2. The average molecular weight is 294 g/mol. The van der Waals surface area contributed by atoms with Crippen LogP contribution in [0.25, 0.3) is 0 Å². The van der Waals surface area contributed by atoms with Crippen molar-refractivity contribution in [1.29, 1.82) is 0 Å². The summed E-state index contributed by atoms with van der Waals surface area (Å²) in [4.78, 5) is 0. The van der Waals surface area contributed by atoms with Crippen LogP contribution in [-0.2, 0) is 6.18 Å². The van der Waals surface area contributed by atoms with Gasteiger partial charge in [0.25, 0.3) is 0 Å². The first kappa shape index (κ1) is 15.5. The Hall–Kier alpha value is -1.85. The van der Waals surface area contributed by atoms with E-state index >= 15 is 0 Å². The van der Waals surface area contributed by atoms with Gasteiger partial charge in [-0.2, -0.15) is 13.2 Å². The molecule has 0 saturated carbocycles. The zero-order chi connectivity index (χ0) is 15.6. The summed E-state index contributed by atoms with van der Waals surface area (Å²) in [5.74, 6) is 5.61. The second kappa shape index (κ2) is 5.87. The molecule has 0 aromatic heterocycles. The number of nitrogens with one attached hydrogen (secondary N) is 1. The van der Waals surface area contributed by atoms with Gasteiger partial charge in [0, 0.05) is 0 Å². The van der Waals surface area contributed by atoms with E-state index in [1.165, 1.54) is 6.07 Å². The number of alkyl halides is 3. The van der Waals surface area contributed by atoms with Gasteiger partial charge in [-0.15, -0.1) is 0 Å². The van der Waals surface area contributed by atoms with E-state index in [-0.39, 0.29) is 6.04 Å². The molecule has 0 aliphatic rings. The topological polar surface area (TPSA) is 38.0 Å². The molecule has 2 rings (SSSR count). The van der Waals surface area contributed by atoms with Crippen LogP contribution in [0.5, 0.6) is 0 Å². The Morgan fingerprint density at radius 3 is 2.29 bits per heavy atom. The molecule has 1 unspecified atom stereocenters. The van der Waals surface area contributed by atoms with Gasteiger partial charge < -0.3 is 0 Å². The van der Waals surface area contributed by atoms with E-state index in [2.05, 4.69) is 5.43 Å². The predicted octanol–water partition coefficient (Wildman–Crippen LogP) is 3.87. The highest BCUT2D eigenvalue weighted by atomic mass is 19.4. The highest BCUT2D eigenvalue weighted by molar-refractivity contribution is 5.40. The molecule has 2 aromatic rings. The fourth-order valence-corrected chi connectivity index (χ4v) is 2.39. The van der Waals surface area contributed by atoms with E-state index < -0.39 is 11.7 Å². The minimum atomic E-state index is -4.34. The summed E-state index contributed by atoms with van der Waals surface area (Å²) in [6.07, 6.45) is -4.34. The number of hydrogen-bond donors (Lipinski definition) is 2. The van der Waals surface area contributed by atoms with E-state index in [9.17, 15) is 13.2 Å². The van der Waals surface area contributed by atoms with Crippen LogP contribution in [0.3, 0.4) is 0 Å². The summed E-state index contributed by atoms with van der Waals surface area (Å²) >= 11 is 0. The maximum absolute atomic E-state index is 12.7. The summed E-state index contributed by atoms with van der Waals surface area (Å²) in [5, 5.41) is 0. The van der Waals surface area contributed by atoms with E-state index in [4.69, 9.17) is 5.84 Å². The molecule has 0 aliphatic carbocycles. The van der Waals surface area contributed by atoms with Gasteiger partial charge in [0.2, 0.25) is 0 Å². The molecule has 0 bridgehead atoms. The largest absolute Gasteiger partial charge is 0.416 e. The first-order chi connectivity index (χ1) is 9.82. The number of nitrogens with two attached hydrogens (primary N) is 1. The molecule has 1 atom stereocenters. The summed E-state index contributed by atoms with van der Waals surface area (Å²) in [6, 6.07) is 11.1. The van der Waals surface area contributed by atoms with E-state index in [0.29, 0.717) is 5.56 Å². The van der Waals surface area contributed by atoms with Crippen molar-refractivity contribution in [3.8, 4) is 0 Å². The molecule has 2 nitrogen and oxygen atoms in total. The van der Waals surface area contributed by atoms with Crippen molar-refractivity contribution in [2.75, 3.05) is 0 Å². The van der Waals surface area contributed by atoms with Gasteiger partial charge >= 0.3 is 6.18 Å². The summed E-state index contributed by atoms with van der Waals surface area (Å²) < 4.78 is 38.2. The second-order valence-corrected chi connectivity index (χ2v) is 5.08. The van der Waals surface area contributed by atoms with Gasteiger partial charge in [-0.1, -0.05) is 35.9 Å². The molecule has 0 fully saturated rings. The van der Waals surface area contributed by atoms with Gasteiger partial charge in [-0.3, -0.25) is 5.84 Å². The maximum Gasteiger partial charge on any atom is 0.416 e. The monoisotopic (exact) mass is 294 g/mol. The Kier molecular flexibility index (Phi) is 4.34. The smallest absolute Gasteiger partial charge is 0.271 e. The van der Waals surface area contributed by atoms with E-state index in [1.807, 2.05) is 31.2 Å².